The van der Waals surface area contributed by atoms with Crippen LogP contribution in [0.25, 0.3) is 0 Å². The third kappa shape index (κ3) is 6.33. The molecule has 0 aromatic carbocycles. The fourth-order valence-corrected chi connectivity index (χ4v) is 4.14. The van der Waals surface area contributed by atoms with Gasteiger partial charge in [-0.05, 0) is 58.1 Å². The van der Waals surface area contributed by atoms with Crippen molar-refractivity contribution in [2.45, 2.75) is 52.1 Å². The number of ether oxygens (including phenoxy) is 1. The highest BCUT2D eigenvalue weighted by Gasteiger charge is 2.29. The molecule has 0 spiro atoms. The molecule has 1 aromatic rings. The van der Waals surface area contributed by atoms with Gasteiger partial charge in [0.05, 0.1) is 5.56 Å². The SMILES string of the molecule is CC(C)(C)OC(=O)N1CCC(CC(=O)N2CCCN(c3ncccc3C#N)CC2)CC1. The topological polar surface area (TPSA) is 89.8 Å². The van der Waals surface area contributed by atoms with Crippen molar-refractivity contribution >= 4 is 17.8 Å². The van der Waals surface area contributed by atoms with E-state index in [-0.39, 0.29) is 12.0 Å². The number of rotatable bonds is 3. The first-order chi connectivity index (χ1) is 14.8. The van der Waals surface area contributed by atoms with Crippen LogP contribution in [0.1, 0.15) is 52.0 Å². The largest absolute Gasteiger partial charge is 0.444 e. The maximum atomic E-state index is 12.9. The molecular formula is C23H33N5O3. The highest BCUT2D eigenvalue weighted by molar-refractivity contribution is 5.76. The molecule has 2 fully saturated rings. The molecule has 0 unspecified atom stereocenters. The van der Waals surface area contributed by atoms with Gasteiger partial charge in [-0.1, -0.05) is 0 Å². The summed E-state index contributed by atoms with van der Waals surface area (Å²) in [7, 11) is 0. The summed E-state index contributed by atoms with van der Waals surface area (Å²) in [4.78, 5) is 35.3. The Morgan fingerprint density at radius 3 is 2.55 bits per heavy atom. The Labute approximate surface area is 184 Å². The summed E-state index contributed by atoms with van der Waals surface area (Å²) in [5.74, 6) is 1.18. The van der Waals surface area contributed by atoms with Crippen LogP contribution < -0.4 is 4.90 Å². The Morgan fingerprint density at radius 1 is 1.13 bits per heavy atom. The smallest absolute Gasteiger partial charge is 0.410 e. The average Bonchev–Trinajstić information content (AvgIpc) is 2.99. The molecule has 0 atom stereocenters. The third-order valence-electron chi connectivity index (χ3n) is 5.78. The Bertz CT molecular complexity index is 821. The maximum Gasteiger partial charge on any atom is 0.410 e. The minimum absolute atomic E-state index is 0.180. The first kappa shape index (κ1) is 22.9. The lowest BCUT2D eigenvalue weighted by molar-refractivity contribution is -0.132. The number of amides is 2. The highest BCUT2D eigenvalue weighted by Crippen LogP contribution is 2.24. The highest BCUT2D eigenvalue weighted by atomic mass is 16.6. The van der Waals surface area contributed by atoms with E-state index in [0.29, 0.717) is 49.9 Å². The Morgan fingerprint density at radius 2 is 1.87 bits per heavy atom. The average molecular weight is 428 g/mol. The van der Waals surface area contributed by atoms with E-state index in [1.54, 1.807) is 23.2 Å². The lowest BCUT2D eigenvalue weighted by Crippen LogP contribution is -2.43. The summed E-state index contributed by atoms with van der Waals surface area (Å²) in [6, 6.07) is 5.75. The van der Waals surface area contributed by atoms with Gasteiger partial charge in [-0.3, -0.25) is 4.79 Å². The lowest BCUT2D eigenvalue weighted by Gasteiger charge is -2.34. The number of likely N-dealkylation sites (tertiary alicyclic amines) is 1. The van der Waals surface area contributed by atoms with E-state index in [4.69, 9.17) is 4.74 Å². The molecule has 3 heterocycles. The normalized spacial score (nSPS) is 18.3. The zero-order valence-electron chi connectivity index (χ0n) is 18.8. The van der Waals surface area contributed by atoms with E-state index in [2.05, 4.69) is 16.0 Å². The van der Waals surface area contributed by atoms with Crippen molar-refractivity contribution in [2.75, 3.05) is 44.2 Å². The van der Waals surface area contributed by atoms with Crippen LogP contribution in [0.5, 0.6) is 0 Å². The summed E-state index contributed by atoms with van der Waals surface area (Å²) in [5, 5.41) is 9.34. The molecule has 8 nitrogen and oxygen atoms in total. The standard InChI is InChI=1S/C23H33N5O3/c1-23(2,3)31-22(30)28-12-7-18(8-13-28)16-20(29)26-10-5-11-27(15-14-26)21-19(17-24)6-4-9-25-21/h4,6,9,18H,5,7-8,10-16H2,1-3H3. The van der Waals surface area contributed by atoms with Crippen molar-refractivity contribution in [1.29, 1.82) is 5.26 Å². The molecule has 3 rings (SSSR count). The molecule has 31 heavy (non-hydrogen) atoms. The number of hydrogen-bond acceptors (Lipinski definition) is 6. The summed E-state index contributed by atoms with van der Waals surface area (Å²) in [6.45, 7) is 9.69. The van der Waals surface area contributed by atoms with Gasteiger partial charge in [0, 0.05) is 51.9 Å². The van der Waals surface area contributed by atoms with E-state index >= 15 is 0 Å². The molecule has 0 saturated carbocycles. The van der Waals surface area contributed by atoms with Gasteiger partial charge in [0.2, 0.25) is 5.91 Å². The lowest BCUT2D eigenvalue weighted by atomic mass is 9.93. The monoisotopic (exact) mass is 427 g/mol. The zero-order valence-corrected chi connectivity index (χ0v) is 18.8. The molecule has 2 amide bonds. The molecule has 2 aliphatic rings. The Hall–Kier alpha value is -2.82. The van der Waals surface area contributed by atoms with Crippen molar-refractivity contribution in [1.82, 2.24) is 14.8 Å². The summed E-state index contributed by atoms with van der Waals surface area (Å²) < 4.78 is 5.45. The predicted octanol–water partition coefficient (Wildman–Crippen LogP) is 3.03. The van der Waals surface area contributed by atoms with E-state index in [0.717, 1.165) is 32.4 Å². The number of hydrogen-bond donors (Lipinski definition) is 0. The predicted molar refractivity (Wildman–Crippen MR) is 118 cm³/mol. The van der Waals surface area contributed by atoms with Gasteiger partial charge in [0.25, 0.3) is 0 Å². The maximum absolute atomic E-state index is 12.9. The number of nitriles is 1. The number of aromatic nitrogens is 1. The molecule has 168 valence electrons. The van der Waals surface area contributed by atoms with E-state index < -0.39 is 5.60 Å². The van der Waals surface area contributed by atoms with Crippen LogP contribution in [0.2, 0.25) is 0 Å². The molecule has 1 aromatic heterocycles. The number of nitrogens with zero attached hydrogens (tertiary/aromatic N) is 5. The van der Waals surface area contributed by atoms with Gasteiger partial charge in [-0.25, -0.2) is 9.78 Å². The number of carbonyl (C=O) groups excluding carboxylic acids is 2. The van der Waals surface area contributed by atoms with Crippen molar-refractivity contribution in [2.24, 2.45) is 5.92 Å². The van der Waals surface area contributed by atoms with Gasteiger partial charge in [0.1, 0.15) is 17.5 Å². The van der Waals surface area contributed by atoms with Crippen molar-refractivity contribution in [3.63, 3.8) is 0 Å². The molecule has 0 N–H and O–H groups in total. The van der Waals surface area contributed by atoms with Gasteiger partial charge in [0.15, 0.2) is 0 Å². The van der Waals surface area contributed by atoms with Crippen LogP contribution in [0.4, 0.5) is 10.6 Å². The first-order valence-corrected chi connectivity index (χ1v) is 11.1. The molecule has 0 bridgehead atoms. The van der Waals surface area contributed by atoms with Crippen LogP contribution in [-0.2, 0) is 9.53 Å². The van der Waals surface area contributed by atoms with E-state index in [9.17, 15) is 14.9 Å². The Balaban J connectivity index is 1.47. The first-order valence-electron chi connectivity index (χ1n) is 11.1. The summed E-state index contributed by atoms with van der Waals surface area (Å²) >= 11 is 0. The summed E-state index contributed by atoms with van der Waals surface area (Å²) in [6.07, 6.45) is 4.46. The number of anilines is 1. The van der Waals surface area contributed by atoms with Gasteiger partial charge < -0.3 is 19.4 Å². The molecule has 2 aliphatic heterocycles. The second kappa shape index (κ2) is 9.99. The van der Waals surface area contributed by atoms with Crippen LogP contribution >= 0.6 is 0 Å². The molecule has 8 heteroatoms. The summed E-state index contributed by atoms with van der Waals surface area (Å²) in [5.41, 5.74) is 0.0763. The van der Waals surface area contributed by atoms with Crippen LogP contribution in [0.15, 0.2) is 18.3 Å². The number of carbonyl (C=O) groups is 2. The molecular weight excluding hydrogens is 394 g/mol. The molecule has 0 radical (unpaired) electrons. The van der Waals surface area contributed by atoms with Crippen molar-refractivity contribution in [3.05, 3.63) is 23.9 Å². The van der Waals surface area contributed by atoms with Gasteiger partial charge in [-0.2, -0.15) is 5.26 Å². The molecule has 2 saturated heterocycles. The van der Waals surface area contributed by atoms with Crippen LogP contribution in [0, 0.1) is 17.2 Å². The third-order valence-corrected chi connectivity index (χ3v) is 5.78. The van der Waals surface area contributed by atoms with Crippen molar-refractivity contribution in [3.8, 4) is 6.07 Å². The van der Waals surface area contributed by atoms with Crippen molar-refractivity contribution < 1.29 is 14.3 Å². The van der Waals surface area contributed by atoms with Gasteiger partial charge >= 0.3 is 6.09 Å². The second-order valence-electron chi connectivity index (χ2n) is 9.32. The Kier molecular flexibility index (Phi) is 7.37. The fourth-order valence-electron chi connectivity index (χ4n) is 4.14. The minimum atomic E-state index is -0.492. The molecule has 0 aliphatic carbocycles. The quantitative estimate of drug-likeness (QED) is 0.737. The fraction of sp³-hybridized carbons (Fsp3) is 0.652. The number of pyridine rings is 1. The zero-order chi connectivity index (χ0) is 22.4. The van der Waals surface area contributed by atoms with Crippen LogP contribution in [-0.4, -0.2) is 71.7 Å². The second-order valence-corrected chi connectivity index (χ2v) is 9.32. The van der Waals surface area contributed by atoms with E-state index in [1.807, 2.05) is 25.7 Å². The minimum Gasteiger partial charge on any atom is -0.444 e. The number of piperidine rings is 1. The van der Waals surface area contributed by atoms with E-state index in [1.165, 1.54) is 0 Å². The van der Waals surface area contributed by atoms with Crippen LogP contribution in [0.3, 0.4) is 0 Å². The van der Waals surface area contributed by atoms with Gasteiger partial charge in [-0.15, -0.1) is 0 Å².